The van der Waals surface area contributed by atoms with Crippen molar-refractivity contribution in [1.29, 1.82) is 0 Å². The smallest absolute Gasteiger partial charge is 0.191 e. The molecule has 1 aromatic heterocycles. The molecule has 0 radical (unpaired) electrons. The normalized spacial score (nSPS) is 19.6. The van der Waals surface area contributed by atoms with Crippen LogP contribution in [0.3, 0.4) is 0 Å². The molecule has 1 unspecified atom stereocenters. The minimum atomic E-state index is 0.191. The summed E-state index contributed by atoms with van der Waals surface area (Å²) in [5.41, 5.74) is 2.20. The van der Waals surface area contributed by atoms with Crippen molar-refractivity contribution in [3.63, 3.8) is 0 Å². The summed E-state index contributed by atoms with van der Waals surface area (Å²) in [6, 6.07) is 8.42. The number of rotatable bonds is 3. The van der Waals surface area contributed by atoms with Gasteiger partial charge in [-0.1, -0.05) is 29.8 Å². The van der Waals surface area contributed by atoms with Gasteiger partial charge >= 0.3 is 0 Å². The molecule has 1 aliphatic rings. The summed E-state index contributed by atoms with van der Waals surface area (Å²) < 4.78 is 5.67. The van der Waals surface area contributed by atoms with Gasteiger partial charge in [0.25, 0.3) is 0 Å². The third-order valence-corrected chi connectivity index (χ3v) is 4.23. The molecule has 1 heterocycles. The van der Waals surface area contributed by atoms with Gasteiger partial charge in [-0.15, -0.1) is 0 Å². The Labute approximate surface area is 124 Å². The van der Waals surface area contributed by atoms with Crippen LogP contribution in [0.15, 0.2) is 28.7 Å². The Morgan fingerprint density at radius 2 is 2.20 bits per heavy atom. The number of hydrogen-bond acceptors (Lipinski definition) is 3. The van der Waals surface area contributed by atoms with E-state index >= 15 is 0 Å². The topological polar surface area (TPSA) is 38.1 Å². The third-order valence-electron chi connectivity index (χ3n) is 3.88. The monoisotopic (exact) mass is 290 g/mol. The number of benzene rings is 1. The predicted molar refractivity (Wildman–Crippen MR) is 79.9 cm³/mol. The molecule has 0 spiro atoms. The molecular weight excluding hydrogens is 272 g/mol. The van der Waals surface area contributed by atoms with Crippen LogP contribution < -0.4 is 5.32 Å². The summed E-state index contributed by atoms with van der Waals surface area (Å²) in [7, 11) is 0. The van der Waals surface area contributed by atoms with Gasteiger partial charge in [0.05, 0.1) is 11.7 Å². The molecule has 1 aromatic carbocycles. The van der Waals surface area contributed by atoms with Crippen LogP contribution in [-0.4, -0.2) is 4.98 Å². The maximum absolute atomic E-state index is 6.27. The zero-order chi connectivity index (χ0) is 14.1. The first-order valence-corrected chi connectivity index (χ1v) is 7.49. The second-order valence-corrected chi connectivity index (χ2v) is 5.80. The highest BCUT2D eigenvalue weighted by molar-refractivity contribution is 6.31. The molecule has 3 rings (SSSR count). The van der Waals surface area contributed by atoms with Crippen molar-refractivity contribution in [1.82, 2.24) is 10.3 Å². The van der Waals surface area contributed by atoms with Gasteiger partial charge in [0.1, 0.15) is 5.76 Å². The number of aromatic nitrogens is 1. The van der Waals surface area contributed by atoms with Crippen LogP contribution >= 0.6 is 11.6 Å². The van der Waals surface area contributed by atoms with Crippen LogP contribution in [-0.2, 0) is 6.42 Å². The minimum absolute atomic E-state index is 0.191. The number of nitrogens with zero attached hydrogens (tertiary/aromatic N) is 1. The van der Waals surface area contributed by atoms with Crippen molar-refractivity contribution in [2.24, 2.45) is 0 Å². The average Bonchev–Trinajstić information content (AvgIpc) is 2.80. The fraction of sp³-hybridized carbons (Fsp3) is 0.438. The molecule has 2 aromatic rings. The van der Waals surface area contributed by atoms with E-state index in [1.54, 1.807) is 0 Å². The molecule has 0 amide bonds. The molecule has 0 saturated heterocycles. The Kier molecular flexibility index (Phi) is 3.81. The average molecular weight is 291 g/mol. The summed E-state index contributed by atoms with van der Waals surface area (Å²) in [6.45, 7) is 4.05. The van der Waals surface area contributed by atoms with Crippen LogP contribution in [0.2, 0.25) is 5.02 Å². The summed E-state index contributed by atoms with van der Waals surface area (Å²) >= 11 is 6.27. The first kappa shape index (κ1) is 13.7. The second kappa shape index (κ2) is 5.58. The van der Waals surface area contributed by atoms with Crippen molar-refractivity contribution in [3.8, 4) is 0 Å². The summed E-state index contributed by atoms with van der Waals surface area (Å²) in [4.78, 5) is 4.54. The van der Waals surface area contributed by atoms with E-state index in [1.807, 2.05) is 25.1 Å². The van der Waals surface area contributed by atoms with Crippen LogP contribution in [0, 0.1) is 6.92 Å². The zero-order valence-electron chi connectivity index (χ0n) is 11.8. The predicted octanol–water partition coefficient (Wildman–Crippen LogP) is 4.36. The van der Waals surface area contributed by atoms with E-state index in [2.05, 4.69) is 23.3 Å². The van der Waals surface area contributed by atoms with Crippen molar-refractivity contribution in [2.45, 2.75) is 45.2 Å². The Balaban J connectivity index is 1.80. The fourth-order valence-corrected chi connectivity index (χ4v) is 3.22. The van der Waals surface area contributed by atoms with Gasteiger partial charge in [-0.25, -0.2) is 4.98 Å². The molecule has 106 valence electrons. The van der Waals surface area contributed by atoms with Crippen molar-refractivity contribution >= 4 is 11.6 Å². The number of halogens is 1. The molecular formula is C16H19ClN2O. The molecule has 1 N–H and O–H groups in total. The molecule has 1 aliphatic carbocycles. The molecule has 4 heteroatoms. The number of fused-ring (bicyclic) bond motifs is 1. The van der Waals surface area contributed by atoms with Crippen LogP contribution in [0.25, 0.3) is 0 Å². The van der Waals surface area contributed by atoms with Gasteiger partial charge in [0.2, 0.25) is 0 Å². The quantitative estimate of drug-likeness (QED) is 0.912. The third kappa shape index (κ3) is 2.60. The van der Waals surface area contributed by atoms with E-state index in [9.17, 15) is 0 Å². The van der Waals surface area contributed by atoms with E-state index in [4.69, 9.17) is 16.0 Å². The Morgan fingerprint density at radius 1 is 1.40 bits per heavy atom. The lowest BCUT2D eigenvalue weighted by atomic mass is 9.95. The van der Waals surface area contributed by atoms with Crippen molar-refractivity contribution in [3.05, 3.63) is 52.2 Å². The first-order valence-electron chi connectivity index (χ1n) is 7.12. The summed E-state index contributed by atoms with van der Waals surface area (Å²) in [5, 5.41) is 4.44. The van der Waals surface area contributed by atoms with E-state index in [1.165, 1.54) is 0 Å². The van der Waals surface area contributed by atoms with E-state index in [0.717, 1.165) is 47.2 Å². The lowest BCUT2D eigenvalue weighted by Gasteiger charge is -2.26. The van der Waals surface area contributed by atoms with Crippen LogP contribution in [0.1, 0.15) is 54.8 Å². The number of hydrogen-bond donors (Lipinski definition) is 1. The molecule has 20 heavy (non-hydrogen) atoms. The van der Waals surface area contributed by atoms with Gasteiger partial charge in [0, 0.05) is 24.4 Å². The van der Waals surface area contributed by atoms with Gasteiger partial charge in [-0.2, -0.15) is 0 Å². The Hall–Kier alpha value is -1.32. The maximum atomic E-state index is 6.27. The Morgan fingerprint density at radius 3 is 3.00 bits per heavy atom. The van der Waals surface area contributed by atoms with Gasteiger partial charge in [0.15, 0.2) is 5.89 Å². The van der Waals surface area contributed by atoms with E-state index in [0.29, 0.717) is 0 Å². The lowest BCUT2D eigenvalue weighted by molar-refractivity contribution is 0.380. The molecule has 3 nitrogen and oxygen atoms in total. The zero-order valence-corrected chi connectivity index (χ0v) is 12.6. The fourth-order valence-electron chi connectivity index (χ4n) is 2.92. The van der Waals surface area contributed by atoms with E-state index in [-0.39, 0.29) is 12.1 Å². The molecule has 2 atom stereocenters. The highest BCUT2D eigenvalue weighted by atomic mass is 35.5. The highest BCUT2D eigenvalue weighted by Gasteiger charge is 2.27. The number of aryl methyl sites for hydroxylation is 2. The summed E-state index contributed by atoms with van der Waals surface area (Å²) in [6.07, 6.45) is 3.22. The lowest BCUT2D eigenvalue weighted by Crippen LogP contribution is -2.28. The van der Waals surface area contributed by atoms with Crippen molar-refractivity contribution in [2.75, 3.05) is 0 Å². The molecule has 0 bridgehead atoms. The van der Waals surface area contributed by atoms with Crippen LogP contribution in [0.5, 0.6) is 0 Å². The van der Waals surface area contributed by atoms with Gasteiger partial charge < -0.3 is 9.73 Å². The number of nitrogens with one attached hydrogen (secondary N) is 1. The van der Waals surface area contributed by atoms with Crippen LogP contribution in [0.4, 0.5) is 0 Å². The van der Waals surface area contributed by atoms with E-state index < -0.39 is 0 Å². The van der Waals surface area contributed by atoms with Gasteiger partial charge in [-0.3, -0.25) is 0 Å². The highest BCUT2D eigenvalue weighted by Crippen LogP contribution is 2.32. The minimum Gasteiger partial charge on any atom is -0.446 e. The molecule has 0 aliphatic heterocycles. The Bertz CT molecular complexity index is 608. The first-order chi connectivity index (χ1) is 9.65. The van der Waals surface area contributed by atoms with Gasteiger partial charge in [-0.05, 0) is 31.4 Å². The molecule has 0 fully saturated rings. The SMILES string of the molecule is Cc1nc2c(o1)CCCC2N[C@@H](C)c1ccccc1Cl. The largest absolute Gasteiger partial charge is 0.446 e. The second-order valence-electron chi connectivity index (χ2n) is 5.40. The maximum Gasteiger partial charge on any atom is 0.191 e. The molecule has 0 saturated carbocycles. The number of oxazole rings is 1. The standard InChI is InChI=1S/C16H19ClN2O/c1-10(12-6-3-4-7-13(12)17)18-14-8-5-9-15-16(14)19-11(2)20-15/h3-4,6-7,10,14,18H,5,8-9H2,1-2H3/t10-,14?/m0/s1. The summed E-state index contributed by atoms with van der Waals surface area (Å²) in [5.74, 6) is 1.80. The van der Waals surface area contributed by atoms with Crippen molar-refractivity contribution < 1.29 is 4.42 Å².